The summed E-state index contributed by atoms with van der Waals surface area (Å²) in [5.41, 5.74) is 0.854. The fourth-order valence-corrected chi connectivity index (χ4v) is 5.50. The molecule has 0 saturated heterocycles. The van der Waals surface area contributed by atoms with Crippen LogP contribution >= 0.6 is 23.2 Å². The molecule has 0 unspecified atom stereocenters. The van der Waals surface area contributed by atoms with Crippen molar-refractivity contribution < 1.29 is 18.0 Å². The SMILES string of the molecule is CCNC(=O)[C@H](C)N(Cc1ccccc1)C(=O)CN(c1cccc(Cl)c1Cl)S(=O)(=O)c1ccccc1. The number of nitrogens with zero attached hydrogens (tertiary/aromatic N) is 2. The number of carbonyl (C=O) groups excluding carboxylic acids is 2. The molecule has 0 heterocycles. The van der Waals surface area contributed by atoms with Crippen LogP contribution < -0.4 is 9.62 Å². The van der Waals surface area contributed by atoms with Gasteiger partial charge in [0, 0.05) is 13.1 Å². The molecule has 0 radical (unpaired) electrons. The van der Waals surface area contributed by atoms with Crippen molar-refractivity contribution in [1.82, 2.24) is 10.2 Å². The molecule has 1 N–H and O–H groups in total. The number of carbonyl (C=O) groups is 2. The Labute approximate surface area is 221 Å². The predicted molar refractivity (Wildman–Crippen MR) is 143 cm³/mol. The molecule has 0 aliphatic heterocycles. The third kappa shape index (κ3) is 6.37. The molecule has 0 saturated carbocycles. The fraction of sp³-hybridized carbons (Fsp3) is 0.231. The lowest BCUT2D eigenvalue weighted by atomic mass is 10.1. The van der Waals surface area contributed by atoms with Crippen LogP contribution in [0.5, 0.6) is 0 Å². The molecular formula is C26H27Cl2N3O4S. The highest BCUT2D eigenvalue weighted by atomic mass is 35.5. The van der Waals surface area contributed by atoms with Crippen molar-refractivity contribution >= 4 is 50.7 Å². The summed E-state index contributed by atoms with van der Waals surface area (Å²) in [5.74, 6) is -0.923. The molecule has 10 heteroatoms. The number of halogens is 2. The number of likely N-dealkylation sites (N-methyl/N-ethyl adjacent to an activating group) is 1. The Morgan fingerprint density at radius 2 is 1.53 bits per heavy atom. The van der Waals surface area contributed by atoms with E-state index in [0.29, 0.717) is 6.54 Å². The monoisotopic (exact) mass is 547 g/mol. The smallest absolute Gasteiger partial charge is 0.264 e. The first kappa shape index (κ1) is 27.5. The summed E-state index contributed by atoms with van der Waals surface area (Å²) in [6.07, 6.45) is 0. The predicted octanol–water partition coefficient (Wildman–Crippen LogP) is 4.74. The van der Waals surface area contributed by atoms with Crippen LogP contribution in [0.3, 0.4) is 0 Å². The Balaban J connectivity index is 2.05. The molecule has 3 aromatic carbocycles. The van der Waals surface area contributed by atoms with E-state index in [-0.39, 0.29) is 33.1 Å². The highest BCUT2D eigenvalue weighted by Crippen LogP contribution is 2.35. The molecule has 190 valence electrons. The van der Waals surface area contributed by atoms with Gasteiger partial charge in [0.15, 0.2) is 0 Å². The lowest BCUT2D eigenvalue weighted by Gasteiger charge is -2.32. The van der Waals surface area contributed by atoms with Crippen LogP contribution in [0.1, 0.15) is 19.4 Å². The van der Waals surface area contributed by atoms with Gasteiger partial charge in [0.05, 0.1) is 20.6 Å². The van der Waals surface area contributed by atoms with Gasteiger partial charge in [0.2, 0.25) is 11.8 Å². The van der Waals surface area contributed by atoms with E-state index in [4.69, 9.17) is 23.2 Å². The van der Waals surface area contributed by atoms with E-state index in [9.17, 15) is 18.0 Å². The molecule has 3 aromatic rings. The minimum absolute atomic E-state index is 0.00198. The Morgan fingerprint density at radius 1 is 0.917 bits per heavy atom. The zero-order valence-corrected chi connectivity index (χ0v) is 22.2. The summed E-state index contributed by atoms with van der Waals surface area (Å²) in [7, 11) is -4.21. The Bertz CT molecular complexity index is 1310. The highest BCUT2D eigenvalue weighted by Gasteiger charge is 2.33. The lowest BCUT2D eigenvalue weighted by molar-refractivity contribution is -0.139. The normalized spacial score (nSPS) is 12.0. The first-order valence-electron chi connectivity index (χ1n) is 11.3. The van der Waals surface area contributed by atoms with Gasteiger partial charge >= 0.3 is 0 Å². The maximum absolute atomic E-state index is 13.7. The van der Waals surface area contributed by atoms with Crippen LogP contribution in [0.4, 0.5) is 5.69 Å². The number of anilines is 1. The minimum atomic E-state index is -4.21. The van der Waals surface area contributed by atoms with Gasteiger partial charge in [-0.1, -0.05) is 77.8 Å². The molecule has 0 aromatic heterocycles. The number of rotatable bonds is 10. The van der Waals surface area contributed by atoms with Crippen LogP contribution in [0.25, 0.3) is 0 Å². The third-order valence-electron chi connectivity index (χ3n) is 5.52. The van der Waals surface area contributed by atoms with E-state index >= 15 is 0 Å². The summed E-state index contributed by atoms with van der Waals surface area (Å²) < 4.78 is 28.3. The van der Waals surface area contributed by atoms with E-state index in [1.54, 1.807) is 38.1 Å². The maximum Gasteiger partial charge on any atom is 0.264 e. The molecular weight excluding hydrogens is 521 g/mol. The second kappa shape index (κ2) is 12.3. The number of nitrogens with one attached hydrogen (secondary N) is 1. The van der Waals surface area contributed by atoms with E-state index in [1.807, 2.05) is 30.3 Å². The molecule has 2 amide bonds. The quantitative estimate of drug-likeness (QED) is 0.397. The first-order chi connectivity index (χ1) is 17.2. The molecule has 0 bridgehead atoms. The van der Waals surface area contributed by atoms with Gasteiger partial charge in [-0.05, 0) is 43.7 Å². The molecule has 7 nitrogen and oxygen atoms in total. The molecule has 0 aliphatic carbocycles. The van der Waals surface area contributed by atoms with Crippen molar-refractivity contribution in [3.63, 3.8) is 0 Å². The molecule has 36 heavy (non-hydrogen) atoms. The first-order valence-corrected chi connectivity index (χ1v) is 13.5. The van der Waals surface area contributed by atoms with E-state index in [0.717, 1.165) is 9.87 Å². The number of amides is 2. The number of hydrogen-bond acceptors (Lipinski definition) is 4. The molecule has 0 fully saturated rings. The van der Waals surface area contributed by atoms with Crippen molar-refractivity contribution in [2.24, 2.45) is 0 Å². The van der Waals surface area contributed by atoms with Crippen molar-refractivity contribution in [2.45, 2.75) is 31.3 Å². The van der Waals surface area contributed by atoms with E-state index < -0.39 is 28.5 Å². The van der Waals surface area contributed by atoms with E-state index in [1.165, 1.54) is 29.2 Å². The molecule has 0 spiro atoms. The van der Waals surface area contributed by atoms with Gasteiger partial charge in [-0.25, -0.2) is 8.42 Å². The summed E-state index contributed by atoms with van der Waals surface area (Å²) in [5, 5.41) is 2.86. The zero-order valence-electron chi connectivity index (χ0n) is 19.9. The second-order valence-electron chi connectivity index (χ2n) is 7.98. The van der Waals surface area contributed by atoms with Crippen LogP contribution in [0.2, 0.25) is 10.0 Å². The van der Waals surface area contributed by atoms with Crippen LogP contribution in [-0.4, -0.2) is 44.3 Å². The van der Waals surface area contributed by atoms with Crippen molar-refractivity contribution in [1.29, 1.82) is 0 Å². The van der Waals surface area contributed by atoms with Crippen LogP contribution in [0.15, 0.2) is 83.8 Å². The summed E-state index contributed by atoms with van der Waals surface area (Å²) in [6.45, 7) is 3.30. The molecule has 1 atom stereocenters. The van der Waals surface area contributed by atoms with Gasteiger partial charge in [-0.3, -0.25) is 13.9 Å². The molecule has 0 aliphatic rings. The van der Waals surface area contributed by atoms with Gasteiger partial charge in [0.1, 0.15) is 12.6 Å². The summed E-state index contributed by atoms with van der Waals surface area (Å²) >= 11 is 12.6. The summed E-state index contributed by atoms with van der Waals surface area (Å²) in [4.78, 5) is 27.7. The number of sulfonamides is 1. The third-order valence-corrected chi connectivity index (χ3v) is 8.11. The lowest BCUT2D eigenvalue weighted by Crippen LogP contribution is -2.51. The fourth-order valence-electron chi connectivity index (χ4n) is 3.60. The zero-order chi connectivity index (χ0) is 26.3. The maximum atomic E-state index is 13.7. The minimum Gasteiger partial charge on any atom is -0.355 e. The highest BCUT2D eigenvalue weighted by molar-refractivity contribution is 7.92. The largest absolute Gasteiger partial charge is 0.355 e. The van der Waals surface area contributed by atoms with Gasteiger partial charge in [-0.2, -0.15) is 0 Å². The van der Waals surface area contributed by atoms with Crippen LogP contribution in [-0.2, 0) is 26.2 Å². The van der Waals surface area contributed by atoms with Crippen LogP contribution in [0, 0.1) is 0 Å². The Hall–Kier alpha value is -3.07. The average molecular weight is 548 g/mol. The van der Waals surface area contributed by atoms with Crippen molar-refractivity contribution in [3.05, 3.63) is 94.5 Å². The average Bonchev–Trinajstić information content (AvgIpc) is 2.88. The standard InChI is InChI=1S/C26H27Cl2N3O4S/c1-3-29-26(33)19(2)30(17-20-11-6-4-7-12-20)24(32)18-31(23-16-10-15-22(27)25(23)28)36(34,35)21-13-8-5-9-14-21/h4-16,19H,3,17-18H2,1-2H3,(H,29,33)/t19-/m0/s1. The number of benzene rings is 3. The van der Waals surface area contributed by atoms with E-state index in [2.05, 4.69) is 5.32 Å². The van der Waals surface area contributed by atoms with Crippen molar-refractivity contribution in [3.8, 4) is 0 Å². The van der Waals surface area contributed by atoms with Gasteiger partial charge in [0.25, 0.3) is 10.0 Å². The van der Waals surface area contributed by atoms with Gasteiger partial charge < -0.3 is 10.2 Å². The van der Waals surface area contributed by atoms with Crippen molar-refractivity contribution in [2.75, 3.05) is 17.4 Å². The Kier molecular flexibility index (Phi) is 9.37. The topological polar surface area (TPSA) is 86.8 Å². The second-order valence-corrected chi connectivity index (χ2v) is 10.6. The Morgan fingerprint density at radius 3 is 2.14 bits per heavy atom. The number of hydrogen-bond donors (Lipinski definition) is 1. The van der Waals surface area contributed by atoms with Gasteiger partial charge in [-0.15, -0.1) is 0 Å². The molecule has 3 rings (SSSR count). The summed E-state index contributed by atoms with van der Waals surface area (Å²) in [6, 6.07) is 20.6.